The fraction of sp³-hybridized carbons (Fsp3) is 0.333. The zero-order valence-electron chi connectivity index (χ0n) is 10.4. The molecule has 1 heterocycles. The molecule has 0 amide bonds. The van der Waals surface area contributed by atoms with Crippen molar-refractivity contribution in [2.75, 3.05) is 6.54 Å². The monoisotopic (exact) mass is 245 g/mol. The van der Waals surface area contributed by atoms with Crippen LogP contribution in [0.2, 0.25) is 0 Å². The first kappa shape index (κ1) is 12.3. The number of aryl methyl sites for hydroxylation is 1. The zero-order valence-corrected chi connectivity index (χ0v) is 11.3. The van der Waals surface area contributed by atoms with Crippen molar-refractivity contribution in [1.29, 1.82) is 0 Å². The van der Waals surface area contributed by atoms with E-state index < -0.39 is 0 Å². The number of thiophene rings is 1. The Bertz CT molecular complexity index is 430. The van der Waals surface area contributed by atoms with Crippen molar-refractivity contribution in [3.05, 3.63) is 57.8 Å². The minimum Gasteiger partial charge on any atom is -0.310 e. The molecule has 1 atom stereocenters. The maximum absolute atomic E-state index is 3.56. The summed E-state index contributed by atoms with van der Waals surface area (Å²) in [5.74, 6) is 0. The Hall–Kier alpha value is -1.12. The van der Waals surface area contributed by atoms with E-state index in [0.717, 1.165) is 13.0 Å². The Morgan fingerprint density at radius 1 is 1.18 bits per heavy atom. The summed E-state index contributed by atoms with van der Waals surface area (Å²) < 4.78 is 0. The van der Waals surface area contributed by atoms with Crippen LogP contribution in [0.5, 0.6) is 0 Å². The van der Waals surface area contributed by atoms with Gasteiger partial charge < -0.3 is 5.32 Å². The molecule has 0 fully saturated rings. The highest BCUT2D eigenvalue weighted by atomic mass is 32.1. The summed E-state index contributed by atoms with van der Waals surface area (Å²) >= 11 is 1.77. The highest BCUT2D eigenvalue weighted by Crippen LogP contribution is 2.13. The second-order valence-electron chi connectivity index (χ2n) is 4.47. The summed E-state index contributed by atoms with van der Waals surface area (Å²) in [7, 11) is 0. The molecule has 1 aromatic heterocycles. The molecule has 0 aliphatic carbocycles. The molecule has 0 bridgehead atoms. The summed E-state index contributed by atoms with van der Waals surface area (Å²) in [5, 5.41) is 7.92. The van der Waals surface area contributed by atoms with Gasteiger partial charge in [-0.2, -0.15) is 11.3 Å². The van der Waals surface area contributed by atoms with Crippen molar-refractivity contribution in [2.45, 2.75) is 26.3 Å². The van der Waals surface area contributed by atoms with Crippen LogP contribution in [-0.4, -0.2) is 6.54 Å². The number of benzene rings is 1. The highest BCUT2D eigenvalue weighted by molar-refractivity contribution is 7.07. The maximum atomic E-state index is 3.56. The molecule has 2 heteroatoms. The van der Waals surface area contributed by atoms with Crippen molar-refractivity contribution in [2.24, 2.45) is 0 Å². The molecule has 0 saturated carbocycles. The van der Waals surface area contributed by atoms with E-state index in [1.54, 1.807) is 11.3 Å². The van der Waals surface area contributed by atoms with E-state index in [9.17, 15) is 0 Å². The molecule has 0 saturated heterocycles. The summed E-state index contributed by atoms with van der Waals surface area (Å²) in [6, 6.07) is 11.4. The largest absolute Gasteiger partial charge is 0.310 e. The summed E-state index contributed by atoms with van der Waals surface area (Å²) in [6.45, 7) is 5.38. The topological polar surface area (TPSA) is 12.0 Å². The van der Waals surface area contributed by atoms with Crippen LogP contribution >= 0.6 is 11.3 Å². The van der Waals surface area contributed by atoms with Gasteiger partial charge in [0.1, 0.15) is 0 Å². The first-order valence-corrected chi connectivity index (χ1v) is 7.01. The Labute approximate surface area is 108 Å². The van der Waals surface area contributed by atoms with E-state index in [-0.39, 0.29) is 0 Å². The molecule has 2 aromatic rings. The van der Waals surface area contributed by atoms with Gasteiger partial charge in [0, 0.05) is 6.04 Å². The van der Waals surface area contributed by atoms with Crippen molar-refractivity contribution in [1.82, 2.24) is 5.32 Å². The molecule has 0 aliphatic heterocycles. The van der Waals surface area contributed by atoms with Gasteiger partial charge in [-0.3, -0.25) is 0 Å². The van der Waals surface area contributed by atoms with Crippen molar-refractivity contribution < 1.29 is 0 Å². The molecule has 1 nitrogen and oxygen atoms in total. The van der Waals surface area contributed by atoms with Crippen molar-refractivity contribution in [3.63, 3.8) is 0 Å². The molecule has 0 spiro atoms. The normalized spacial score (nSPS) is 12.6. The van der Waals surface area contributed by atoms with E-state index in [0.29, 0.717) is 6.04 Å². The van der Waals surface area contributed by atoms with Crippen LogP contribution in [0.1, 0.15) is 29.7 Å². The predicted molar refractivity (Wildman–Crippen MR) is 75.6 cm³/mol. The first-order chi connectivity index (χ1) is 8.25. The van der Waals surface area contributed by atoms with Crippen LogP contribution in [0, 0.1) is 6.92 Å². The molecular weight excluding hydrogens is 226 g/mol. The molecule has 0 radical (unpaired) electrons. The Kier molecular flexibility index (Phi) is 4.35. The maximum Gasteiger partial charge on any atom is 0.0291 e. The van der Waals surface area contributed by atoms with E-state index in [1.165, 1.54) is 16.7 Å². The van der Waals surface area contributed by atoms with E-state index in [2.05, 4.69) is 60.3 Å². The lowest BCUT2D eigenvalue weighted by Gasteiger charge is -2.14. The van der Waals surface area contributed by atoms with E-state index >= 15 is 0 Å². The van der Waals surface area contributed by atoms with Crippen LogP contribution < -0.4 is 5.32 Å². The standard InChI is InChI=1S/C15H19NS/c1-12-3-5-15(6-4-12)13(2)16-9-7-14-8-10-17-11-14/h3-6,8,10-11,13,16H,7,9H2,1-2H3. The van der Waals surface area contributed by atoms with Gasteiger partial charge in [0.15, 0.2) is 0 Å². The second kappa shape index (κ2) is 5.99. The van der Waals surface area contributed by atoms with Crippen LogP contribution in [0.15, 0.2) is 41.1 Å². The van der Waals surface area contributed by atoms with Gasteiger partial charge >= 0.3 is 0 Å². The van der Waals surface area contributed by atoms with Crippen LogP contribution in [-0.2, 0) is 6.42 Å². The third-order valence-corrected chi connectivity index (χ3v) is 3.75. The van der Waals surface area contributed by atoms with E-state index in [4.69, 9.17) is 0 Å². The minimum atomic E-state index is 0.425. The first-order valence-electron chi connectivity index (χ1n) is 6.07. The quantitative estimate of drug-likeness (QED) is 0.841. The molecule has 0 aliphatic rings. The zero-order chi connectivity index (χ0) is 12.1. The summed E-state index contributed by atoms with van der Waals surface area (Å²) in [5.41, 5.74) is 4.11. The Morgan fingerprint density at radius 3 is 2.59 bits per heavy atom. The van der Waals surface area contributed by atoms with Crippen molar-refractivity contribution >= 4 is 11.3 Å². The molecule has 17 heavy (non-hydrogen) atoms. The number of hydrogen-bond donors (Lipinski definition) is 1. The average molecular weight is 245 g/mol. The third-order valence-electron chi connectivity index (χ3n) is 3.02. The fourth-order valence-electron chi connectivity index (χ4n) is 1.84. The minimum absolute atomic E-state index is 0.425. The molecule has 2 rings (SSSR count). The third kappa shape index (κ3) is 3.69. The van der Waals surface area contributed by atoms with Gasteiger partial charge in [-0.1, -0.05) is 29.8 Å². The smallest absolute Gasteiger partial charge is 0.0291 e. The van der Waals surface area contributed by atoms with Crippen molar-refractivity contribution in [3.8, 4) is 0 Å². The highest BCUT2D eigenvalue weighted by Gasteiger charge is 2.03. The SMILES string of the molecule is Cc1ccc(C(C)NCCc2ccsc2)cc1. The molecule has 1 N–H and O–H groups in total. The predicted octanol–water partition coefficient (Wildman–Crippen LogP) is 3.95. The van der Waals surface area contributed by atoms with Gasteiger partial charge in [-0.15, -0.1) is 0 Å². The van der Waals surface area contributed by atoms with E-state index in [1.807, 2.05) is 0 Å². The fourth-order valence-corrected chi connectivity index (χ4v) is 2.54. The summed E-state index contributed by atoms with van der Waals surface area (Å²) in [6.07, 6.45) is 1.11. The lowest BCUT2D eigenvalue weighted by Crippen LogP contribution is -2.21. The number of rotatable bonds is 5. The average Bonchev–Trinajstić information content (AvgIpc) is 2.83. The molecular formula is C15H19NS. The Morgan fingerprint density at radius 2 is 1.94 bits per heavy atom. The lowest BCUT2D eigenvalue weighted by molar-refractivity contribution is 0.577. The Balaban J connectivity index is 1.81. The summed E-state index contributed by atoms with van der Waals surface area (Å²) in [4.78, 5) is 0. The van der Waals surface area contributed by atoms with Crippen LogP contribution in [0.25, 0.3) is 0 Å². The van der Waals surface area contributed by atoms with Gasteiger partial charge in [0.2, 0.25) is 0 Å². The van der Waals surface area contributed by atoms with Gasteiger partial charge in [0.05, 0.1) is 0 Å². The van der Waals surface area contributed by atoms with Crippen LogP contribution in [0.3, 0.4) is 0 Å². The molecule has 90 valence electrons. The lowest BCUT2D eigenvalue weighted by atomic mass is 10.1. The number of hydrogen-bond acceptors (Lipinski definition) is 2. The van der Waals surface area contributed by atoms with Gasteiger partial charge in [-0.25, -0.2) is 0 Å². The number of nitrogens with one attached hydrogen (secondary N) is 1. The van der Waals surface area contributed by atoms with Gasteiger partial charge in [0.25, 0.3) is 0 Å². The second-order valence-corrected chi connectivity index (χ2v) is 5.25. The molecule has 1 aromatic carbocycles. The van der Waals surface area contributed by atoms with Crippen LogP contribution in [0.4, 0.5) is 0 Å². The molecule has 1 unspecified atom stereocenters. The van der Waals surface area contributed by atoms with Gasteiger partial charge in [-0.05, 0) is 54.8 Å².